The van der Waals surface area contributed by atoms with E-state index in [9.17, 15) is 9.18 Å². The molecule has 1 aromatic carbocycles. The summed E-state index contributed by atoms with van der Waals surface area (Å²) >= 11 is 6.42. The summed E-state index contributed by atoms with van der Waals surface area (Å²) in [7, 11) is 0. The lowest BCUT2D eigenvalue weighted by molar-refractivity contribution is -0.116. The van der Waals surface area contributed by atoms with Crippen LogP contribution in [-0.2, 0) is 4.79 Å². The van der Waals surface area contributed by atoms with Crippen LogP contribution < -0.4 is 5.32 Å². The van der Waals surface area contributed by atoms with E-state index in [1.54, 1.807) is 13.0 Å². The molecule has 1 aromatic rings. The van der Waals surface area contributed by atoms with E-state index in [2.05, 4.69) is 37.2 Å². The SMILES string of the molecule is Cc1cc(F)c(Br)cc1NC(=O)C(Br)C(C)C. The van der Waals surface area contributed by atoms with E-state index in [0.29, 0.717) is 15.7 Å². The molecule has 5 heteroatoms. The van der Waals surface area contributed by atoms with Gasteiger partial charge in [0.25, 0.3) is 0 Å². The maximum absolute atomic E-state index is 13.2. The minimum Gasteiger partial charge on any atom is -0.325 e. The first-order chi connectivity index (χ1) is 7.82. The Morgan fingerprint density at radius 1 is 1.41 bits per heavy atom. The topological polar surface area (TPSA) is 29.1 Å². The fourth-order valence-electron chi connectivity index (χ4n) is 1.29. The molecule has 1 rings (SSSR count). The standard InChI is InChI=1S/C12H14Br2FNO/c1-6(2)11(14)12(17)16-10-5-8(13)9(15)4-7(10)3/h4-6,11H,1-3H3,(H,16,17). The van der Waals surface area contributed by atoms with Crippen LogP contribution in [0.15, 0.2) is 16.6 Å². The van der Waals surface area contributed by atoms with E-state index in [1.807, 2.05) is 13.8 Å². The Labute approximate surface area is 117 Å². The van der Waals surface area contributed by atoms with Crippen LogP contribution in [-0.4, -0.2) is 10.7 Å². The van der Waals surface area contributed by atoms with Crippen molar-refractivity contribution in [1.82, 2.24) is 0 Å². The number of aryl methyl sites for hydroxylation is 1. The minimum absolute atomic E-state index is 0.124. The van der Waals surface area contributed by atoms with Crippen molar-refractivity contribution in [1.29, 1.82) is 0 Å². The largest absolute Gasteiger partial charge is 0.325 e. The van der Waals surface area contributed by atoms with Gasteiger partial charge in [0.05, 0.1) is 9.30 Å². The number of hydrogen-bond donors (Lipinski definition) is 1. The predicted molar refractivity (Wildman–Crippen MR) is 75.0 cm³/mol. The van der Waals surface area contributed by atoms with E-state index in [-0.39, 0.29) is 22.5 Å². The van der Waals surface area contributed by atoms with Crippen LogP contribution in [0.4, 0.5) is 10.1 Å². The Kier molecular flexibility index (Phi) is 5.13. The number of hydrogen-bond acceptors (Lipinski definition) is 1. The van der Waals surface area contributed by atoms with Gasteiger partial charge in [0.2, 0.25) is 5.91 Å². The van der Waals surface area contributed by atoms with Gasteiger partial charge in [-0.1, -0.05) is 29.8 Å². The van der Waals surface area contributed by atoms with Crippen molar-refractivity contribution in [2.45, 2.75) is 25.6 Å². The van der Waals surface area contributed by atoms with Crippen LogP contribution in [0.5, 0.6) is 0 Å². The summed E-state index contributed by atoms with van der Waals surface area (Å²) in [4.78, 5) is 11.6. The van der Waals surface area contributed by atoms with Crippen molar-refractivity contribution in [3.05, 3.63) is 28.0 Å². The fourth-order valence-corrected chi connectivity index (χ4v) is 1.74. The summed E-state index contributed by atoms with van der Waals surface area (Å²) in [5.74, 6) is -0.263. The summed E-state index contributed by atoms with van der Waals surface area (Å²) < 4.78 is 13.6. The van der Waals surface area contributed by atoms with Crippen LogP contribution in [0, 0.1) is 18.7 Å². The summed E-state index contributed by atoms with van der Waals surface area (Å²) in [5, 5.41) is 2.78. The molecule has 0 bridgehead atoms. The Balaban J connectivity index is 2.89. The Morgan fingerprint density at radius 3 is 2.53 bits per heavy atom. The highest BCUT2D eigenvalue weighted by Gasteiger charge is 2.19. The summed E-state index contributed by atoms with van der Waals surface area (Å²) in [5.41, 5.74) is 1.32. The lowest BCUT2D eigenvalue weighted by atomic mass is 10.1. The van der Waals surface area contributed by atoms with Crippen LogP contribution >= 0.6 is 31.9 Å². The molecule has 94 valence electrons. The monoisotopic (exact) mass is 365 g/mol. The smallest absolute Gasteiger partial charge is 0.238 e. The van der Waals surface area contributed by atoms with Gasteiger partial charge < -0.3 is 5.32 Å². The second-order valence-corrected chi connectivity index (χ2v) is 6.06. The molecule has 0 heterocycles. The van der Waals surface area contributed by atoms with Crippen LogP contribution in [0.3, 0.4) is 0 Å². The molecule has 0 aliphatic carbocycles. The Hall–Kier alpha value is -0.420. The number of amides is 1. The highest BCUT2D eigenvalue weighted by Crippen LogP contribution is 2.25. The highest BCUT2D eigenvalue weighted by atomic mass is 79.9. The van der Waals surface area contributed by atoms with Gasteiger partial charge in [-0.05, 0) is 46.5 Å². The van der Waals surface area contributed by atoms with Gasteiger partial charge in [-0.25, -0.2) is 4.39 Å². The molecule has 0 aliphatic heterocycles. The molecule has 0 saturated carbocycles. The predicted octanol–water partition coefficient (Wildman–Crippen LogP) is 4.25. The number of rotatable bonds is 3. The lowest BCUT2D eigenvalue weighted by Gasteiger charge is -2.15. The molecule has 1 N–H and O–H groups in total. The number of anilines is 1. The van der Waals surface area contributed by atoms with E-state index >= 15 is 0 Å². The second kappa shape index (κ2) is 5.96. The zero-order chi connectivity index (χ0) is 13.2. The number of benzene rings is 1. The molecule has 0 saturated heterocycles. The van der Waals surface area contributed by atoms with Crippen LogP contribution in [0.2, 0.25) is 0 Å². The van der Waals surface area contributed by atoms with Gasteiger partial charge in [0, 0.05) is 5.69 Å². The summed E-state index contributed by atoms with van der Waals surface area (Å²) in [6, 6.07) is 2.96. The second-order valence-electron chi connectivity index (χ2n) is 4.22. The molecule has 0 aliphatic rings. The van der Waals surface area contributed by atoms with Crippen molar-refractivity contribution in [3.63, 3.8) is 0 Å². The maximum atomic E-state index is 13.2. The zero-order valence-corrected chi connectivity index (χ0v) is 13.0. The molecule has 0 aromatic heterocycles. The van der Waals surface area contributed by atoms with E-state index in [0.717, 1.165) is 0 Å². The molecule has 1 atom stereocenters. The van der Waals surface area contributed by atoms with Crippen molar-refractivity contribution in [2.75, 3.05) is 5.32 Å². The summed E-state index contributed by atoms with van der Waals surface area (Å²) in [6.45, 7) is 5.66. The average molecular weight is 367 g/mol. The molecule has 0 fully saturated rings. The van der Waals surface area contributed by atoms with E-state index in [4.69, 9.17) is 0 Å². The molecular formula is C12H14Br2FNO. The van der Waals surface area contributed by atoms with Crippen LogP contribution in [0.25, 0.3) is 0 Å². The van der Waals surface area contributed by atoms with Gasteiger partial charge in [0.15, 0.2) is 0 Å². The third-order valence-electron chi connectivity index (χ3n) is 2.36. The minimum atomic E-state index is -0.334. The number of halogens is 3. The number of nitrogens with one attached hydrogen (secondary N) is 1. The van der Waals surface area contributed by atoms with Crippen molar-refractivity contribution >= 4 is 43.5 Å². The molecule has 0 spiro atoms. The molecular weight excluding hydrogens is 353 g/mol. The first kappa shape index (κ1) is 14.6. The maximum Gasteiger partial charge on any atom is 0.238 e. The molecule has 1 unspecified atom stereocenters. The van der Waals surface area contributed by atoms with Crippen molar-refractivity contribution < 1.29 is 9.18 Å². The van der Waals surface area contributed by atoms with E-state index in [1.165, 1.54) is 6.07 Å². The first-order valence-electron chi connectivity index (χ1n) is 5.23. The average Bonchev–Trinajstić information content (AvgIpc) is 2.24. The Morgan fingerprint density at radius 2 is 2.00 bits per heavy atom. The van der Waals surface area contributed by atoms with Crippen molar-refractivity contribution in [2.24, 2.45) is 5.92 Å². The first-order valence-corrected chi connectivity index (χ1v) is 6.94. The number of carbonyl (C=O) groups is 1. The molecule has 17 heavy (non-hydrogen) atoms. The number of alkyl halides is 1. The molecule has 2 nitrogen and oxygen atoms in total. The normalized spacial score (nSPS) is 12.6. The van der Waals surface area contributed by atoms with Gasteiger partial charge in [-0.3, -0.25) is 4.79 Å². The number of carbonyl (C=O) groups excluding carboxylic acids is 1. The van der Waals surface area contributed by atoms with Gasteiger partial charge in [0.1, 0.15) is 5.82 Å². The third-order valence-corrected chi connectivity index (χ3v) is 4.44. The third kappa shape index (κ3) is 3.78. The fraction of sp³-hybridized carbons (Fsp3) is 0.417. The van der Waals surface area contributed by atoms with Gasteiger partial charge in [-0.2, -0.15) is 0 Å². The lowest BCUT2D eigenvalue weighted by Crippen LogP contribution is -2.27. The zero-order valence-electron chi connectivity index (χ0n) is 9.85. The summed E-state index contributed by atoms with van der Waals surface area (Å²) in [6.07, 6.45) is 0. The Bertz CT molecular complexity index is 435. The highest BCUT2D eigenvalue weighted by molar-refractivity contribution is 9.10. The van der Waals surface area contributed by atoms with Gasteiger partial charge in [-0.15, -0.1) is 0 Å². The molecule has 1 amide bonds. The van der Waals surface area contributed by atoms with Crippen LogP contribution in [0.1, 0.15) is 19.4 Å². The van der Waals surface area contributed by atoms with Gasteiger partial charge >= 0.3 is 0 Å². The van der Waals surface area contributed by atoms with E-state index < -0.39 is 0 Å². The van der Waals surface area contributed by atoms with Crippen molar-refractivity contribution in [3.8, 4) is 0 Å². The quantitative estimate of drug-likeness (QED) is 0.796. The molecule has 0 radical (unpaired) electrons.